The van der Waals surface area contributed by atoms with Gasteiger partial charge in [0, 0.05) is 5.69 Å². The molecule has 30 heavy (non-hydrogen) atoms. The zero-order chi connectivity index (χ0) is 21.5. The molecule has 6 heteroatoms. The average Bonchev–Trinajstić information content (AvgIpc) is 3.50. The number of fused-ring (bicyclic) bond motifs is 1. The zero-order valence-electron chi connectivity index (χ0n) is 17.8. The van der Waals surface area contributed by atoms with Gasteiger partial charge in [-0.05, 0) is 70.2 Å². The van der Waals surface area contributed by atoms with E-state index in [2.05, 4.69) is 17.4 Å². The maximum absolute atomic E-state index is 13.5. The minimum atomic E-state index is -0.598. The highest BCUT2D eigenvalue weighted by Gasteiger charge is 2.35. The molecule has 1 saturated carbocycles. The van der Waals surface area contributed by atoms with Crippen molar-refractivity contribution in [3.63, 3.8) is 0 Å². The van der Waals surface area contributed by atoms with E-state index in [0.717, 1.165) is 18.4 Å². The van der Waals surface area contributed by atoms with E-state index in [1.54, 1.807) is 39.0 Å². The van der Waals surface area contributed by atoms with Crippen molar-refractivity contribution in [3.8, 4) is 0 Å². The Morgan fingerprint density at radius 3 is 2.50 bits per heavy atom. The smallest absolute Gasteiger partial charge is 0.412 e. The Labute approximate surface area is 175 Å². The molecule has 0 aliphatic heterocycles. The standard InChI is InChI=1S/C24H27N3O3/c1-15-25-20-13-12-18(26-23(29)30-24(2,3)4)14-19(20)22(28)27(15)21(17-10-11-17)16-8-6-5-7-9-16/h5-9,12-14,17,21H,10-11H2,1-4H3,(H,26,29). The van der Waals surface area contributed by atoms with Gasteiger partial charge < -0.3 is 4.74 Å². The Balaban J connectivity index is 1.76. The van der Waals surface area contributed by atoms with Crippen LogP contribution in [-0.2, 0) is 4.74 Å². The quantitative estimate of drug-likeness (QED) is 0.659. The number of carbonyl (C=O) groups is 1. The number of rotatable bonds is 4. The first-order valence-electron chi connectivity index (χ1n) is 10.3. The van der Waals surface area contributed by atoms with Gasteiger partial charge >= 0.3 is 6.09 Å². The number of aromatic nitrogens is 2. The molecule has 1 fully saturated rings. The van der Waals surface area contributed by atoms with Crippen LogP contribution < -0.4 is 10.9 Å². The third-order valence-electron chi connectivity index (χ3n) is 5.21. The summed E-state index contributed by atoms with van der Waals surface area (Å²) in [5.74, 6) is 1.13. The maximum Gasteiger partial charge on any atom is 0.412 e. The van der Waals surface area contributed by atoms with Crippen molar-refractivity contribution in [1.29, 1.82) is 0 Å². The number of anilines is 1. The van der Waals surface area contributed by atoms with E-state index >= 15 is 0 Å². The van der Waals surface area contributed by atoms with Crippen LogP contribution >= 0.6 is 0 Å². The molecule has 156 valence electrons. The van der Waals surface area contributed by atoms with E-state index in [0.29, 0.717) is 28.3 Å². The lowest BCUT2D eigenvalue weighted by Crippen LogP contribution is -2.30. The van der Waals surface area contributed by atoms with Crippen molar-refractivity contribution >= 4 is 22.7 Å². The SMILES string of the molecule is Cc1nc2ccc(NC(=O)OC(C)(C)C)cc2c(=O)n1C(c1ccccc1)C1CC1. The second-order valence-electron chi connectivity index (χ2n) is 8.89. The lowest BCUT2D eigenvalue weighted by Gasteiger charge is -2.23. The van der Waals surface area contributed by atoms with E-state index in [4.69, 9.17) is 9.72 Å². The van der Waals surface area contributed by atoms with Crippen LogP contribution in [0.4, 0.5) is 10.5 Å². The minimum Gasteiger partial charge on any atom is -0.444 e. The van der Waals surface area contributed by atoms with Crippen LogP contribution in [-0.4, -0.2) is 21.2 Å². The highest BCUT2D eigenvalue weighted by molar-refractivity contribution is 5.89. The second-order valence-corrected chi connectivity index (χ2v) is 8.89. The van der Waals surface area contributed by atoms with Gasteiger partial charge in [-0.1, -0.05) is 30.3 Å². The summed E-state index contributed by atoms with van der Waals surface area (Å²) in [6, 6.07) is 15.3. The molecule has 1 unspecified atom stereocenters. The number of hydrogen-bond donors (Lipinski definition) is 1. The molecule has 1 aliphatic rings. The minimum absolute atomic E-state index is 0.0296. The van der Waals surface area contributed by atoms with Gasteiger partial charge in [0.15, 0.2) is 0 Å². The summed E-state index contributed by atoms with van der Waals surface area (Å²) in [6.07, 6.45) is 1.65. The summed E-state index contributed by atoms with van der Waals surface area (Å²) in [5, 5.41) is 3.19. The molecule has 2 aromatic carbocycles. The van der Waals surface area contributed by atoms with Crippen molar-refractivity contribution in [1.82, 2.24) is 9.55 Å². The number of nitrogens with zero attached hydrogens (tertiary/aromatic N) is 2. The summed E-state index contributed by atoms with van der Waals surface area (Å²) in [7, 11) is 0. The lowest BCUT2D eigenvalue weighted by molar-refractivity contribution is 0.0636. The summed E-state index contributed by atoms with van der Waals surface area (Å²) in [6.45, 7) is 7.30. The maximum atomic E-state index is 13.5. The molecule has 0 spiro atoms. The van der Waals surface area contributed by atoms with Crippen LogP contribution in [0.2, 0.25) is 0 Å². The van der Waals surface area contributed by atoms with Crippen LogP contribution in [0.1, 0.15) is 51.0 Å². The van der Waals surface area contributed by atoms with Gasteiger partial charge in [-0.2, -0.15) is 0 Å². The third kappa shape index (κ3) is 4.22. The zero-order valence-corrected chi connectivity index (χ0v) is 17.8. The fraction of sp³-hybridized carbons (Fsp3) is 0.375. The van der Waals surface area contributed by atoms with E-state index < -0.39 is 11.7 Å². The number of carbonyl (C=O) groups excluding carboxylic acids is 1. The van der Waals surface area contributed by atoms with Gasteiger partial charge in [0.1, 0.15) is 11.4 Å². The first-order chi connectivity index (χ1) is 14.2. The Bertz CT molecular complexity index is 1140. The predicted octanol–water partition coefficient (Wildman–Crippen LogP) is 5.05. The summed E-state index contributed by atoms with van der Waals surface area (Å²) >= 11 is 0. The largest absolute Gasteiger partial charge is 0.444 e. The Morgan fingerprint density at radius 2 is 1.87 bits per heavy atom. The molecule has 1 aromatic heterocycles. The van der Waals surface area contributed by atoms with Gasteiger partial charge in [0.2, 0.25) is 0 Å². The predicted molar refractivity (Wildman–Crippen MR) is 118 cm³/mol. The van der Waals surface area contributed by atoms with E-state index in [9.17, 15) is 9.59 Å². The van der Waals surface area contributed by atoms with Gasteiger partial charge in [-0.25, -0.2) is 9.78 Å². The molecule has 1 N–H and O–H groups in total. The molecule has 3 aromatic rings. The fourth-order valence-electron chi connectivity index (χ4n) is 3.83. The molecule has 0 radical (unpaired) electrons. The number of amides is 1. The van der Waals surface area contributed by atoms with E-state index in [-0.39, 0.29) is 11.6 Å². The van der Waals surface area contributed by atoms with Crippen LogP contribution in [0.25, 0.3) is 10.9 Å². The summed E-state index contributed by atoms with van der Waals surface area (Å²) in [4.78, 5) is 30.4. The fourth-order valence-corrected chi connectivity index (χ4v) is 3.83. The number of benzene rings is 2. The van der Waals surface area contributed by atoms with Crippen LogP contribution in [0.15, 0.2) is 53.3 Å². The van der Waals surface area contributed by atoms with Crippen LogP contribution in [0.5, 0.6) is 0 Å². The molecule has 1 amide bonds. The summed E-state index contributed by atoms with van der Waals surface area (Å²) in [5.41, 5.74) is 1.56. The van der Waals surface area contributed by atoms with Crippen molar-refractivity contribution in [2.45, 2.75) is 52.2 Å². The molecule has 0 bridgehead atoms. The van der Waals surface area contributed by atoms with Crippen LogP contribution in [0.3, 0.4) is 0 Å². The third-order valence-corrected chi connectivity index (χ3v) is 5.21. The monoisotopic (exact) mass is 405 g/mol. The van der Waals surface area contributed by atoms with Gasteiger partial charge in [0.05, 0.1) is 16.9 Å². The van der Waals surface area contributed by atoms with Crippen molar-refractivity contribution < 1.29 is 9.53 Å². The van der Waals surface area contributed by atoms with Crippen molar-refractivity contribution in [3.05, 3.63) is 70.3 Å². The normalized spacial score (nSPS) is 15.1. The van der Waals surface area contributed by atoms with E-state index in [1.807, 2.05) is 29.7 Å². The van der Waals surface area contributed by atoms with Crippen LogP contribution in [0, 0.1) is 12.8 Å². The van der Waals surface area contributed by atoms with Crippen molar-refractivity contribution in [2.75, 3.05) is 5.32 Å². The van der Waals surface area contributed by atoms with Gasteiger partial charge in [0.25, 0.3) is 5.56 Å². The Kier molecular flexibility index (Phi) is 5.10. The van der Waals surface area contributed by atoms with Gasteiger partial charge in [-0.3, -0.25) is 14.7 Å². The topological polar surface area (TPSA) is 73.2 Å². The molecule has 1 aliphatic carbocycles. The molecule has 1 heterocycles. The molecule has 0 saturated heterocycles. The molecular formula is C24H27N3O3. The molecular weight excluding hydrogens is 378 g/mol. The summed E-state index contributed by atoms with van der Waals surface area (Å²) < 4.78 is 7.13. The molecule has 1 atom stereocenters. The lowest BCUT2D eigenvalue weighted by atomic mass is 10.0. The number of ether oxygens (including phenoxy) is 1. The number of hydrogen-bond acceptors (Lipinski definition) is 4. The second kappa shape index (κ2) is 7.59. The molecule has 6 nitrogen and oxygen atoms in total. The Morgan fingerprint density at radius 1 is 1.17 bits per heavy atom. The average molecular weight is 405 g/mol. The van der Waals surface area contributed by atoms with Gasteiger partial charge in [-0.15, -0.1) is 0 Å². The molecule has 4 rings (SSSR count). The highest BCUT2D eigenvalue weighted by Crippen LogP contribution is 2.43. The first-order valence-corrected chi connectivity index (χ1v) is 10.3. The van der Waals surface area contributed by atoms with Crippen molar-refractivity contribution in [2.24, 2.45) is 5.92 Å². The number of aryl methyl sites for hydroxylation is 1. The first kappa shape index (κ1) is 20.1. The van der Waals surface area contributed by atoms with E-state index in [1.165, 1.54) is 0 Å². The highest BCUT2D eigenvalue weighted by atomic mass is 16.6. The number of nitrogens with one attached hydrogen (secondary N) is 1. The Hall–Kier alpha value is -3.15.